The second-order valence-corrected chi connectivity index (χ2v) is 6.96. The average molecular weight is 455 g/mol. The van der Waals surface area contributed by atoms with Gasteiger partial charge in [0.05, 0.1) is 12.6 Å². The number of hydrogen-bond donors (Lipinski definition) is 0. The predicted octanol–water partition coefficient (Wildman–Crippen LogP) is 5.01. The molecule has 130 valence electrons. The standard InChI is InChI=1S/C19H16F2INO2/c1-25-19(24)4-2-3-12-11-23(14-6-7-16(20)17(21)10-14)18-8-5-13(22)9-15(12)18/h5-11H,2-4H2,1H3. The van der Waals surface area contributed by atoms with E-state index in [1.807, 2.05) is 22.9 Å². The molecule has 0 fully saturated rings. The highest BCUT2D eigenvalue weighted by molar-refractivity contribution is 14.1. The molecule has 3 rings (SSSR count). The summed E-state index contributed by atoms with van der Waals surface area (Å²) in [6.07, 6.45) is 3.63. The van der Waals surface area contributed by atoms with Gasteiger partial charge in [0.1, 0.15) is 0 Å². The molecule has 0 atom stereocenters. The number of aromatic nitrogens is 1. The van der Waals surface area contributed by atoms with Crippen LogP contribution >= 0.6 is 22.6 Å². The summed E-state index contributed by atoms with van der Waals surface area (Å²) in [6.45, 7) is 0. The monoisotopic (exact) mass is 455 g/mol. The summed E-state index contributed by atoms with van der Waals surface area (Å²) in [7, 11) is 1.37. The van der Waals surface area contributed by atoms with Crippen molar-refractivity contribution in [3.05, 3.63) is 63.4 Å². The Balaban J connectivity index is 2.01. The van der Waals surface area contributed by atoms with Gasteiger partial charge in [-0.25, -0.2) is 8.78 Å². The van der Waals surface area contributed by atoms with Crippen LogP contribution in [-0.2, 0) is 16.0 Å². The van der Waals surface area contributed by atoms with Crippen molar-refractivity contribution in [2.24, 2.45) is 0 Å². The van der Waals surface area contributed by atoms with E-state index in [-0.39, 0.29) is 5.97 Å². The molecule has 3 nitrogen and oxygen atoms in total. The molecule has 3 aromatic rings. The minimum absolute atomic E-state index is 0.237. The summed E-state index contributed by atoms with van der Waals surface area (Å²) >= 11 is 2.24. The van der Waals surface area contributed by atoms with Crippen LogP contribution in [0.15, 0.2) is 42.6 Å². The number of rotatable bonds is 5. The Morgan fingerprint density at radius 1 is 1.16 bits per heavy atom. The molecule has 0 spiro atoms. The number of hydrogen-bond acceptors (Lipinski definition) is 2. The van der Waals surface area contributed by atoms with Crippen molar-refractivity contribution in [2.45, 2.75) is 19.3 Å². The third-order valence-electron chi connectivity index (χ3n) is 4.09. The van der Waals surface area contributed by atoms with Crippen LogP contribution in [0.4, 0.5) is 8.78 Å². The summed E-state index contributed by atoms with van der Waals surface area (Å²) in [5.74, 6) is -1.98. The van der Waals surface area contributed by atoms with Crippen molar-refractivity contribution >= 4 is 39.5 Å². The maximum Gasteiger partial charge on any atom is 0.305 e. The predicted molar refractivity (Wildman–Crippen MR) is 101 cm³/mol. The van der Waals surface area contributed by atoms with Gasteiger partial charge in [-0.3, -0.25) is 4.79 Å². The van der Waals surface area contributed by atoms with E-state index in [9.17, 15) is 13.6 Å². The zero-order chi connectivity index (χ0) is 18.0. The molecule has 6 heteroatoms. The molecule has 0 aliphatic rings. The molecule has 0 unspecified atom stereocenters. The Labute approximate surface area is 157 Å². The smallest absolute Gasteiger partial charge is 0.305 e. The molecular formula is C19H16F2INO2. The second-order valence-electron chi connectivity index (χ2n) is 5.71. The van der Waals surface area contributed by atoms with Crippen LogP contribution in [0, 0.1) is 15.2 Å². The first kappa shape index (κ1) is 17.8. The average Bonchev–Trinajstić information content (AvgIpc) is 2.95. The molecule has 0 radical (unpaired) electrons. The lowest BCUT2D eigenvalue weighted by atomic mass is 10.1. The maximum absolute atomic E-state index is 13.6. The van der Waals surface area contributed by atoms with Crippen LogP contribution in [0.5, 0.6) is 0 Å². The summed E-state index contributed by atoms with van der Waals surface area (Å²) in [5.41, 5.74) is 2.53. The number of fused-ring (bicyclic) bond motifs is 1. The lowest BCUT2D eigenvalue weighted by Crippen LogP contribution is -2.00. The zero-order valence-electron chi connectivity index (χ0n) is 13.6. The lowest BCUT2D eigenvalue weighted by molar-refractivity contribution is -0.140. The SMILES string of the molecule is COC(=O)CCCc1cn(-c2ccc(F)c(F)c2)c2ccc(I)cc12. The van der Waals surface area contributed by atoms with Crippen LogP contribution in [0.3, 0.4) is 0 Å². The van der Waals surface area contributed by atoms with Crippen LogP contribution in [0.1, 0.15) is 18.4 Å². The van der Waals surface area contributed by atoms with Gasteiger partial charge >= 0.3 is 5.97 Å². The molecule has 0 bridgehead atoms. The van der Waals surface area contributed by atoms with E-state index in [1.165, 1.54) is 13.2 Å². The summed E-state index contributed by atoms with van der Waals surface area (Å²) in [6, 6.07) is 9.85. The first-order chi connectivity index (χ1) is 12.0. The van der Waals surface area contributed by atoms with Gasteiger partial charge in [-0.15, -0.1) is 0 Å². The highest BCUT2D eigenvalue weighted by Gasteiger charge is 2.13. The Kier molecular flexibility index (Phi) is 5.36. The van der Waals surface area contributed by atoms with Crippen molar-refractivity contribution in [1.82, 2.24) is 4.57 Å². The van der Waals surface area contributed by atoms with Crippen molar-refractivity contribution in [1.29, 1.82) is 0 Å². The van der Waals surface area contributed by atoms with E-state index in [0.717, 1.165) is 26.1 Å². The Hall–Kier alpha value is -1.96. The molecule has 0 aliphatic heterocycles. The molecule has 0 N–H and O–H groups in total. The highest BCUT2D eigenvalue weighted by Crippen LogP contribution is 2.28. The minimum atomic E-state index is -0.878. The molecule has 2 aromatic carbocycles. The largest absolute Gasteiger partial charge is 0.469 e. The molecule has 0 saturated carbocycles. The van der Waals surface area contributed by atoms with E-state index < -0.39 is 11.6 Å². The third kappa shape index (κ3) is 3.84. The molecule has 0 saturated heterocycles. The van der Waals surface area contributed by atoms with E-state index >= 15 is 0 Å². The fraction of sp³-hybridized carbons (Fsp3) is 0.211. The Morgan fingerprint density at radius 3 is 2.68 bits per heavy atom. The van der Waals surface area contributed by atoms with Crippen molar-refractivity contribution < 1.29 is 18.3 Å². The van der Waals surface area contributed by atoms with Crippen molar-refractivity contribution in [2.75, 3.05) is 7.11 Å². The molecule has 0 aliphatic carbocycles. The Bertz CT molecular complexity index is 937. The van der Waals surface area contributed by atoms with E-state index in [0.29, 0.717) is 24.9 Å². The van der Waals surface area contributed by atoms with E-state index in [2.05, 4.69) is 33.4 Å². The molecular weight excluding hydrogens is 439 g/mol. The summed E-state index contributed by atoms with van der Waals surface area (Å²) < 4.78 is 34.5. The van der Waals surface area contributed by atoms with Gasteiger partial charge in [0.25, 0.3) is 0 Å². The van der Waals surface area contributed by atoms with Gasteiger partial charge in [0, 0.05) is 33.3 Å². The lowest BCUT2D eigenvalue weighted by Gasteiger charge is -2.06. The number of nitrogens with zero attached hydrogens (tertiary/aromatic N) is 1. The van der Waals surface area contributed by atoms with E-state index in [4.69, 9.17) is 0 Å². The number of carbonyl (C=O) groups excluding carboxylic acids is 1. The van der Waals surface area contributed by atoms with Gasteiger partial charge in [0.15, 0.2) is 11.6 Å². The first-order valence-electron chi connectivity index (χ1n) is 7.81. The molecule has 0 amide bonds. The Morgan fingerprint density at radius 2 is 1.96 bits per heavy atom. The van der Waals surface area contributed by atoms with Gasteiger partial charge < -0.3 is 9.30 Å². The summed E-state index contributed by atoms with van der Waals surface area (Å²) in [4.78, 5) is 11.3. The number of carbonyl (C=O) groups is 1. The highest BCUT2D eigenvalue weighted by atomic mass is 127. The van der Waals surface area contributed by atoms with Crippen LogP contribution in [-0.4, -0.2) is 17.6 Å². The normalized spacial score (nSPS) is 11.0. The van der Waals surface area contributed by atoms with E-state index in [1.54, 1.807) is 6.07 Å². The van der Waals surface area contributed by atoms with Gasteiger partial charge in [-0.2, -0.15) is 0 Å². The number of benzene rings is 2. The second kappa shape index (κ2) is 7.51. The van der Waals surface area contributed by atoms with Crippen molar-refractivity contribution in [3.63, 3.8) is 0 Å². The minimum Gasteiger partial charge on any atom is -0.469 e. The van der Waals surface area contributed by atoms with Gasteiger partial charge in [0.2, 0.25) is 0 Å². The maximum atomic E-state index is 13.6. The van der Waals surface area contributed by atoms with Crippen LogP contribution < -0.4 is 0 Å². The quantitative estimate of drug-likeness (QED) is 0.400. The molecule has 25 heavy (non-hydrogen) atoms. The topological polar surface area (TPSA) is 31.2 Å². The van der Waals surface area contributed by atoms with Gasteiger partial charge in [-0.05, 0) is 71.3 Å². The fourth-order valence-electron chi connectivity index (χ4n) is 2.84. The fourth-order valence-corrected chi connectivity index (χ4v) is 3.33. The molecule has 1 aromatic heterocycles. The number of aryl methyl sites for hydroxylation is 1. The summed E-state index contributed by atoms with van der Waals surface area (Å²) in [5, 5.41) is 1.04. The van der Waals surface area contributed by atoms with Gasteiger partial charge in [-0.1, -0.05) is 0 Å². The zero-order valence-corrected chi connectivity index (χ0v) is 15.7. The number of methoxy groups -OCH3 is 1. The number of halogens is 3. The van der Waals surface area contributed by atoms with Crippen molar-refractivity contribution in [3.8, 4) is 5.69 Å². The first-order valence-corrected chi connectivity index (χ1v) is 8.89. The number of ether oxygens (including phenoxy) is 1. The van der Waals surface area contributed by atoms with Crippen LogP contribution in [0.2, 0.25) is 0 Å². The number of esters is 1. The molecule has 1 heterocycles. The van der Waals surface area contributed by atoms with Crippen LogP contribution in [0.25, 0.3) is 16.6 Å². The third-order valence-corrected chi connectivity index (χ3v) is 4.76.